The van der Waals surface area contributed by atoms with E-state index in [0.29, 0.717) is 11.3 Å². The lowest BCUT2D eigenvalue weighted by Gasteiger charge is -2.13. The van der Waals surface area contributed by atoms with Crippen LogP contribution in [0.25, 0.3) is 11.1 Å². The standard InChI is InChI=1S/C21H18O2/c1-15-16(2)20(23-21(22)18-11-7-4-8-12-18)14-13-19(15)17-9-5-3-6-10-17/h3-14H,1-2H3. The van der Waals surface area contributed by atoms with Crippen molar-refractivity contribution in [3.05, 3.63) is 89.5 Å². The highest BCUT2D eigenvalue weighted by atomic mass is 16.5. The molecule has 0 fully saturated rings. The monoisotopic (exact) mass is 302 g/mol. The topological polar surface area (TPSA) is 26.3 Å². The molecule has 0 heterocycles. The number of rotatable bonds is 3. The molecule has 0 aliphatic rings. The van der Waals surface area contributed by atoms with Crippen LogP contribution in [0.5, 0.6) is 5.75 Å². The van der Waals surface area contributed by atoms with Crippen LogP contribution < -0.4 is 4.74 Å². The molecule has 0 N–H and O–H groups in total. The Hall–Kier alpha value is -2.87. The number of hydrogen-bond acceptors (Lipinski definition) is 2. The van der Waals surface area contributed by atoms with Crippen LogP contribution in [0.3, 0.4) is 0 Å². The molecule has 3 rings (SSSR count). The van der Waals surface area contributed by atoms with Crippen LogP contribution in [0.2, 0.25) is 0 Å². The van der Waals surface area contributed by atoms with Gasteiger partial charge in [-0.3, -0.25) is 0 Å². The van der Waals surface area contributed by atoms with E-state index in [1.165, 1.54) is 0 Å². The van der Waals surface area contributed by atoms with E-state index in [9.17, 15) is 4.79 Å². The van der Waals surface area contributed by atoms with Crippen LogP contribution >= 0.6 is 0 Å². The first-order valence-corrected chi connectivity index (χ1v) is 7.59. The third-order valence-corrected chi connectivity index (χ3v) is 4.03. The van der Waals surface area contributed by atoms with Crippen LogP contribution in [-0.2, 0) is 0 Å². The van der Waals surface area contributed by atoms with Crippen molar-refractivity contribution in [1.29, 1.82) is 0 Å². The maximum atomic E-state index is 12.2. The van der Waals surface area contributed by atoms with Gasteiger partial charge in [0, 0.05) is 0 Å². The fraction of sp³-hybridized carbons (Fsp3) is 0.0952. The zero-order valence-corrected chi connectivity index (χ0v) is 13.2. The second kappa shape index (κ2) is 6.49. The first-order chi connectivity index (χ1) is 11.2. The summed E-state index contributed by atoms with van der Waals surface area (Å²) in [5.41, 5.74) is 4.97. The summed E-state index contributed by atoms with van der Waals surface area (Å²) in [6.45, 7) is 4.03. The van der Waals surface area contributed by atoms with Crippen LogP contribution in [0, 0.1) is 13.8 Å². The molecule has 0 aliphatic heterocycles. The summed E-state index contributed by atoms with van der Waals surface area (Å²) in [7, 11) is 0. The number of benzene rings is 3. The molecular weight excluding hydrogens is 284 g/mol. The highest BCUT2D eigenvalue weighted by molar-refractivity contribution is 5.91. The highest BCUT2D eigenvalue weighted by Crippen LogP contribution is 2.31. The minimum absolute atomic E-state index is 0.333. The molecule has 0 aliphatic carbocycles. The average molecular weight is 302 g/mol. The van der Waals surface area contributed by atoms with Gasteiger partial charge in [0.05, 0.1) is 5.56 Å². The van der Waals surface area contributed by atoms with Crippen molar-refractivity contribution >= 4 is 5.97 Å². The van der Waals surface area contributed by atoms with Crippen molar-refractivity contribution in [2.75, 3.05) is 0 Å². The summed E-state index contributed by atoms with van der Waals surface area (Å²) in [5.74, 6) is 0.275. The fourth-order valence-electron chi connectivity index (χ4n) is 2.57. The summed E-state index contributed by atoms with van der Waals surface area (Å²) >= 11 is 0. The molecule has 23 heavy (non-hydrogen) atoms. The van der Waals surface area contributed by atoms with Gasteiger partial charge >= 0.3 is 5.97 Å². The SMILES string of the molecule is Cc1c(OC(=O)c2ccccc2)ccc(-c2ccccc2)c1C. The van der Waals surface area contributed by atoms with Crippen molar-refractivity contribution in [2.45, 2.75) is 13.8 Å². The van der Waals surface area contributed by atoms with Gasteiger partial charge in [0.25, 0.3) is 0 Å². The third-order valence-electron chi connectivity index (χ3n) is 4.03. The zero-order chi connectivity index (χ0) is 16.2. The smallest absolute Gasteiger partial charge is 0.343 e. The Morgan fingerprint density at radius 1 is 0.739 bits per heavy atom. The Bertz CT molecular complexity index is 821. The highest BCUT2D eigenvalue weighted by Gasteiger charge is 2.13. The fourth-order valence-corrected chi connectivity index (χ4v) is 2.57. The number of esters is 1. The second-order valence-corrected chi connectivity index (χ2v) is 5.48. The molecule has 0 atom stereocenters. The molecular formula is C21H18O2. The minimum Gasteiger partial charge on any atom is -0.423 e. The van der Waals surface area contributed by atoms with Crippen molar-refractivity contribution in [3.63, 3.8) is 0 Å². The van der Waals surface area contributed by atoms with E-state index >= 15 is 0 Å². The quantitative estimate of drug-likeness (QED) is 0.491. The molecule has 0 aromatic heterocycles. The predicted molar refractivity (Wildman–Crippen MR) is 92.8 cm³/mol. The first-order valence-electron chi connectivity index (χ1n) is 7.59. The van der Waals surface area contributed by atoms with Gasteiger partial charge in [0.2, 0.25) is 0 Å². The third kappa shape index (κ3) is 3.16. The molecule has 0 amide bonds. The van der Waals surface area contributed by atoms with E-state index < -0.39 is 0 Å². The Morgan fingerprint density at radius 3 is 2.00 bits per heavy atom. The number of carbonyl (C=O) groups is 1. The summed E-state index contributed by atoms with van der Waals surface area (Å²) in [6, 6.07) is 23.1. The molecule has 0 unspecified atom stereocenters. The van der Waals surface area contributed by atoms with Gasteiger partial charge in [-0.25, -0.2) is 4.79 Å². The van der Waals surface area contributed by atoms with Crippen molar-refractivity contribution < 1.29 is 9.53 Å². The zero-order valence-electron chi connectivity index (χ0n) is 13.2. The maximum absolute atomic E-state index is 12.2. The van der Waals surface area contributed by atoms with E-state index in [0.717, 1.165) is 22.3 Å². The molecule has 2 nitrogen and oxygen atoms in total. The van der Waals surface area contributed by atoms with Gasteiger partial charge < -0.3 is 4.74 Å². The Morgan fingerprint density at radius 2 is 1.35 bits per heavy atom. The number of hydrogen-bond donors (Lipinski definition) is 0. The molecule has 2 heteroatoms. The lowest BCUT2D eigenvalue weighted by atomic mass is 9.96. The molecule has 0 saturated carbocycles. The first kappa shape index (κ1) is 15.0. The van der Waals surface area contributed by atoms with Crippen LogP contribution in [0.15, 0.2) is 72.8 Å². The minimum atomic E-state index is -0.333. The molecule has 3 aromatic rings. The lowest BCUT2D eigenvalue weighted by Crippen LogP contribution is -2.09. The molecule has 0 spiro atoms. The largest absolute Gasteiger partial charge is 0.423 e. The Balaban J connectivity index is 1.91. The summed E-state index contributed by atoms with van der Waals surface area (Å²) < 4.78 is 5.56. The van der Waals surface area contributed by atoms with Crippen LogP contribution in [-0.4, -0.2) is 5.97 Å². The molecule has 0 bridgehead atoms. The van der Waals surface area contributed by atoms with Gasteiger partial charge in [0.1, 0.15) is 5.75 Å². The molecule has 0 radical (unpaired) electrons. The Kier molecular flexibility index (Phi) is 4.24. The van der Waals surface area contributed by atoms with Gasteiger partial charge in [-0.05, 0) is 54.3 Å². The summed E-state index contributed by atoms with van der Waals surface area (Å²) in [4.78, 5) is 12.2. The Labute approximate surface area is 136 Å². The summed E-state index contributed by atoms with van der Waals surface area (Å²) in [5, 5.41) is 0. The van der Waals surface area contributed by atoms with Crippen LogP contribution in [0.4, 0.5) is 0 Å². The number of ether oxygens (including phenoxy) is 1. The van der Waals surface area contributed by atoms with E-state index in [1.54, 1.807) is 12.1 Å². The van der Waals surface area contributed by atoms with E-state index in [1.807, 2.05) is 55.5 Å². The average Bonchev–Trinajstić information content (AvgIpc) is 2.60. The van der Waals surface area contributed by atoms with Crippen molar-refractivity contribution in [3.8, 4) is 16.9 Å². The van der Waals surface area contributed by atoms with Gasteiger partial charge in [-0.2, -0.15) is 0 Å². The molecule has 0 saturated heterocycles. The van der Waals surface area contributed by atoms with E-state index in [4.69, 9.17) is 4.74 Å². The van der Waals surface area contributed by atoms with Crippen molar-refractivity contribution in [1.82, 2.24) is 0 Å². The van der Waals surface area contributed by atoms with E-state index in [-0.39, 0.29) is 5.97 Å². The normalized spacial score (nSPS) is 10.3. The maximum Gasteiger partial charge on any atom is 0.343 e. The van der Waals surface area contributed by atoms with Gasteiger partial charge in [-0.1, -0.05) is 54.6 Å². The summed E-state index contributed by atoms with van der Waals surface area (Å²) in [6.07, 6.45) is 0. The van der Waals surface area contributed by atoms with Gasteiger partial charge in [0.15, 0.2) is 0 Å². The van der Waals surface area contributed by atoms with Gasteiger partial charge in [-0.15, -0.1) is 0 Å². The number of carbonyl (C=O) groups excluding carboxylic acids is 1. The molecule has 114 valence electrons. The predicted octanol–water partition coefficient (Wildman–Crippen LogP) is 5.19. The second-order valence-electron chi connectivity index (χ2n) is 5.48. The van der Waals surface area contributed by atoms with E-state index in [2.05, 4.69) is 19.1 Å². The lowest BCUT2D eigenvalue weighted by molar-refractivity contribution is 0.0733. The molecule has 3 aromatic carbocycles. The van der Waals surface area contributed by atoms with Crippen LogP contribution in [0.1, 0.15) is 21.5 Å². The van der Waals surface area contributed by atoms with Crippen molar-refractivity contribution in [2.24, 2.45) is 0 Å².